The van der Waals surface area contributed by atoms with Crippen molar-refractivity contribution in [3.63, 3.8) is 0 Å². The number of nitrogens with two attached hydrogens (primary N) is 1. The molecule has 0 bridgehead atoms. The first-order chi connectivity index (χ1) is 18.2. The van der Waals surface area contributed by atoms with Crippen LogP contribution >= 0.6 is 0 Å². The van der Waals surface area contributed by atoms with E-state index < -0.39 is 8.32 Å². The lowest BCUT2D eigenvalue weighted by Gasteiger charge is -2.43. The summed E-state index contributed by atoms with van der Waals surface area (Å²) in [5.41, 5.74) is 11.3. The zero-order valence-electron chi connectivity index (χ0n) is 23.9. The zero-order valence-corrected chi connectivity index (χ0v) is 24.9. The van der Waals surface area contributed by atoms with Gasteiger partial charge in [-0.05, 0) is 65.6 Å². The molecule has 3 aromatic rings. The third kappa shape index (κ3) is 4.87. The molecule has 0 radical (unpaired) electrons. The van der Waals surface area contributed by atoms with Gasteiger partial charge in [-0.25, -0.2) is 0 Å². The molecule has 5 rings (SSSR count). The standard InChI is InChI=1S/C30H45N5O2Si/c1-20(2)38(21(3)4,22(5)6)36-19-23-10-9-17-34(23)30-33-32-29-16-13-24(18-35(29)30)37-28-15-14-27(31)25-11-7-8-12-26(25)28/h7-8,11-13,16,18,20-23,27-28H,9-10,14-15,17,19,31H2,1-6H3/t23?,27-,28+/m0/s1. The van der Waals surface area contributed by atoms with Crippen molar-refractivity contribution in [3.05, 3.63) is 53.7 Å². The van der Waals surface area contributed by atoms with E-state index >= 15 is 0 Å². The fourth-order valence-electron chi connectivity index (χ4n) is 7.21. The number of ether oxygens (including phenoxy) is 1. The molecule has 1 aliphatic carbocycles. The SMILES string of the molecule is CC(C)[Si](OCC1CCCN1c1nnc2ccc(O[C@@H]3CC[C@H](N)c4ccccc43)cn12)(C(C)C)C(C)C. The summed E-state index contributed by atoms with van der Waals surface area (Å²) in [4.78, 5) is 2.40. The predicted molar refractivity (Wildman–Crippen MR) is 156 cm³/mol. The fraction of sp³-hybridized carbons (Fsp3) is 0.600. The monoisotopic (exact) mass is 535 g/mol. The zero-order chi connectivity index (χ0) is 27.0. The van der Waals surface area contributed by atoms with Gasteiger partial charge in [0, 0.05) is 12.6 Å². The Kier molecular flexibility index (Phi) is 7.85. The summed E-state index contributed by atoms with van der Waals surface area (Å²) in [6, 6.07) is 12.8. The summed E-state index contributed by atoms with van der Waals surface area (Å²) in [5, 5.41) is 9.13. The quantitative estimate of drug-likeness (QED) is 0.304. The van der Waals surface area contributed by atoms with E-state index in [0.717, 1.165) is 56.2 Å². The molecule has 206 valence electrons. The summed E-state index contributed by atoms with van der Waals surface area (Å²) in [7, 11) is -1.93. The molecule has 38 heavy (non-hydrogen) atoms. The van der Waals surface area contributed by atoms with Crippen LogP contribution in [0.5, 0.6) is 5.75 Å². The topological polar surface area (TPSA) is 77.9 Å². The van der Waals surface area contributed by atoms with Crippen LogP contribution in [0.3, 0.4) is 0 Å². The Morgan fingerprint density at radius 2 is 1.63 bits per heavy atom. The molecule has 0 spiro atoms. The van der Waals surface area contributed by atoms with E-state index in [-0.39, 0.29) is 12.1 Å². The first-order valence-electron chi connectivity index (χ1n) is 14.5. The Hall–Kier alpha value is -2.42. The van der Waals surface area contributed by atoms with Crippen LogP contribution in [0.4, 0.5) is 5.95 Å². The highest BCUT2D eigenvalue weighted by molar-refractivity contribution is 6.77. The normalized spacial score (nSPS) is 22.2. The molecule has 7 nitrogen and oxygen atoms in total. The molecule has 3 heterocycles. The number of nitrogens with zero attached hydrogens (tertiary/aromatic N) is 4. The Morgan fingerprint density at radius 3 is 2.34 bits per heavy atom. The number of fused-ring (bicyclic) bond motifs is 2. The van der Waals surface area contributed by atoms with Crippen LogP contribution in [0.25, 0.3) is 5.65 Å². The highest BCUT2D eigenvalue weighted by Crippen LogP contribution is 2.43. The van der Waals surface area contributed by atoms with Gasteiger partial charge >= 0.3 is 0 Å². The van der Waals surface area contributed by atoms with Crippen molar-refractivity contribution < 1.29 is 9.16 Å². The number of rotatable bonds is 9. The van der Waals surface area contributed by atoms with Gasteiger partial charge in [0.05, 0.1) is 18.8 Å². The van der Waals surface area contributed by atoms with Crippen LogP contribution in [0.2, 0.25) is 16.6 Å². The van der Waals surface area contributed by atoms with Gasteiger partial charge in [0.25, 0.3) is 0 Å². The minimum absolute atomic E-state index is 0.00232. The van der Waals surface area contributed by atoms with Crippen LogP contribution < -0.4 is 15.4 Å². The van der Waals surface area contributed by atoms with Gasteiger partial charge in [0.1, 0.15) is 11.9 Å². The van der Waals surface area contributed by atoms with Crippen molar-refractivity contribution in [2.45, 2.75) is 102 Å². The molecular weight excluding hydrogens is 490 g/mol. The van der Waals surface area contributed by atoms with Gasteiger partial charge in [-0.3, -0.25) is 4.40 Å². The van der Waals surface area contributed by atoms with Crippen molar-refractivity contribution in [2.24, 2.45) is 5.73 Å². The Morgan fingerprint density at radius 1 is 0.921 bits per heavy atom. The van der Waals surface area contributed by atoms with Gasteiger partial charge in [0.2, 0.25) is 5.95 Å². The second-order valence-corrected chi connectivity index (χ2v) is 17.6. The van der Waals surface area contributed by atoms with E-state index in [2.05, 4.69) is 85.3 Å². The minimum Gasteiger partial charge on any atom is -0.484 e. The Labute approximate surface area is 228 Å². The second-order valence-electron chi connectivity index (χ2n) is 12.1. The van der Waals surface area contributed by atoms with E-state index in [4.69, 9.17) is 14.9 Å². The third-order valence-electron chi connectivity index (χ3n) is 8.98. The number of anilines is 1. The molecular formula is C30H45N5O2Si. The van der Waals surface area contributed by atoms with E-state index in [1.807, 2.05) is 18.3 Å². The average Bonchev–Trinajstić information content (AvgIpc) is 3.52. The Bertz CT molecular complexity index is 1220. The Balaban J connectivity index is 1.37. The maximum atomic E-state index is 7.01. The van der Waals surface area contributed by atoms with Crippen molar-refractivity contribution in [2.75, 3.05) is 18.1 Å². The van der Waals surface area contributed by atoms with E-state index in [1.165, 1.54) is 11.1 Å². The third-order valence-corrected chi connectivity index (χ3v) is 15.1. The van der Waals surface area contributed by atoms with Gasteiger partial charge in [-0.1, -0.05) is 65.8 Å². The van der Waals surface area contributed by atoms with Crippen molar-refractivity contribution in [1.29, 1.82) is 0 Å². The average molecular weight is 536 g/mol. The number of hydrogen-bond donors (Lipinski definition) is 1. The lowest BCUT2D eigenvalue weighted by Crippen LogP contribution is -2.50. The largest absolute Gasteiger partial charge is 0.484 e. The number of hydrogen-bond acceptors (Lipinski definition) is 6. The number of benzene rings is 1. The molecule has 1 saturated heterocycles. The summed E-state index contributed by atoms with van der Waals surface area (Å²) in [5.74, 6) is 1.71. The summed E-state index contributed by atoms with van der Waals surface area (Å²) < 4.78 is 15.7. The van der Waals surface area contributed by atoms with Crippen molar-refractivity contribution in [1.82, 2.24) is 14.6 Å². The van der Waals surface area contributed by atoms with Gasteiger partial charge < -0.3 is 19.8 Å². The smallest absolute Gasteiger partial charge is 0.232 e. The molecule has 3 atom stereocenters. The maximum absolute atomic E-state index is 7.01. The van der Waals surface area contributed by atoms with Crippen LogP contribution in [0, 0.1) is 0 Å². The van der Waals surface area contributed by atoms with Gasteiger partial charge in [-0.2, -0.15) is 0 Å². The lowest BCUT2D eigenvalue weighted by atomic mass is 9.86. The van der Waals surface area contributed by atoms with Crippen LogP contribution in [-0.4, -0.2) is 42.1 Å². The molecule has 2 aromatic heterocycles. The summed E-state index contributed by atoms with van der Waals surface area (Å²) in [6.45, 7) is 15.8. The van der Waals surface area contributed by atoms with Crippen molar-refractivity contribution in [3.8, 4) is 5.75 Å². The molecule has 1 fully saturated rings. The van der Waals surface area contributed by atoms with E-state index in [9.17, 15) is 0 Å². The fourth-order valence-corrected chi connectivity index (χ4v) is 12.7. The van der Waals surface area contributed by atoms with Crippen LogP contribution in [0.15, 0.2) is 42.6 Å². The molecule has 0 saturated carbocycles. The molecule has 1 aliphatic heterocycles. The summed E-state index contributed by atoms with van der Waals surface area (Å²) in [6.07, 6.45) is 6.13. The van der Waals surface area contributed by atoms with Gasteiger partial charge in [-0.15, -0.1) is 10.2 Å². The first-order valence-corrected chi connectivity index (χ1v) is 16.6. The number of pyridine rings is 1. The van der Waals surface area contributed by atoms with E-state index in [1.54, 1.807) is 0 Å². The molecule has 2 N–H and O–H groups in total. The highest BCUT2D eigenvalue weighted by Gasteiger charge is 2.46. The maximum Gasteiger partial charge on any atom is 0.232 e. The highest BCUT2D eigenvalue weighted by atomic mass is 28.4. The molecule has 1 unspecified atom stereocenters. The first kappa shape index (κ1) is 27.2. The van der Waals surface area contributed by atoms with Crippen molar-refractivity contribution >= 4 is 19.9 Å². The van der Waals surface area contributed by atoms with Gasteiger partial charge in [0.15, 0.2) is 14.0 Å². The number of aromatic nitrogens is 3. The molecule has 0 amide bonds. The summed E-state index contributed by atoms with van der Waals surface area (Å²) >= 11 is 0. The predicted octanol–water partition coefficient (Wildman–Crippen LogP) is 6.80. The molecule has 8 heteroatoms. The van der Waals surface area contributed by atoms with Crippen LogP contribution in [-0.2, 0) is 4.43 Å². The molecule has 2 aliphatic rings. The van der Waals surface area contributed by atoms with Crippen LogP contribution in [0.1, 0.15) is 90.5 Å². The lowest BCUT2D eigenvalue weighted by molar-refractivity contribution is 0.176. The second kappa shape index (κ2) is 11.0. The van der Waals surface area contributed by atoms with E-state index in [0.29, 0.717) is 22.7 Å². The molecule has 1 aromatic carbocycles. The minimum atomic E-state index is -1.93.